The first-order valence-corrected chi connectivity index (χ1v) is 7.13. The van der Waals surface area contributed by atoms with Crippen LogP contribution in [0.4, 0.5) is 10.5 Å². The molecule has 3 aliphatic heterocycles. The number of nitrogens with two attached hydrogens (primary N) is 1. The van der Waals surface area contributed by atoms with Gasteiger partial charge in [0, 0.05) is 17.2 Å². The highest BCUT2D eigenvalue weighted by atomic mass is 16.8. The molecule has 0 aromatic heterocycles. The molecule has 9 nitrogen and oxygen atoms in total. The zero-order valence-corrected chi connectivity index (χ0v) is 11.9. The minimum atomic E-state index is -1.68. The third-order valence-electron chi connectivity index (χ3n) is 4.55. The van der Waals surface area contributed by atoms with Crippen LogP contribution in [-0.4, -0.2) is 53.6 Å². The molecule has 1 aromatic carbocycles. The Morgan fingerprint density at radius 2 is 2.39 bits per heavy atom. The molecule has 4 rings (SSSR count). The number of phenols is 1. The Balaban J connectivity index is 1.84. The largest absolute Gasteiger partial charge is 0.508 e. The van der Waals surface area contributed by atoms with Crippen molar-refractivity contribution in [3.8, 4) is 5.75 Å². The number of aliphatic hydroxyl groups is 1. The van der Waals surface area contributed by atoms with E-state index in [0.29, 0.717) is 24.1 Å². The van der Waals surface area contributed by atoms with Crippen LogP contribution in [0.2, 0.25) is 0 Å². The molecule has 23 heavy (non-hydrogen) atoms. The highest BCUT2D eigenvalue weighted by Crippen LogP contribution is 2.53. The predicted molar refractivity (Wildman–Crippen MR) is 75.9 cm³/mol. The van der Waals surface area contributed by atoms with Gasteiger partial charge in [0.25, 0.3) is 0 Å². The first-order valence-electron chi connectivity index (χ1n) is 7.13. The molecule has 2 fully saturated rings. The van der Waals surface area contributed by atoms with Crippen LogP contribution in [0, 0.1) is 0 Å². The van der Waals surface area contributed by atoms with E-state index in [4.69, 9.17) is 15.3 Å². The Morgan fingerprint density at radius 3 is 3.09 bits per heavy atom. The van der Waals surface area contributed by atoms with Crippen LogP contribution in [0.5, 0.6) is 5.75 Å². The molecule has 2 saturated heterocycles. The van der Waals surface area contributed by atoms with Crippen molar-refractivity contribution < 1.29 is 29.4 Å². The molecule has 122 valence electrons. The third kappa shape index (κ3) is 1.97. The average molecular weight is 321 g/mol. The lowest BCUT2D eigenvalue weighted by Gasteiger charge is -2.47. The summed E-state index contributed by atoms with van der Waals surface area (Å²) in [5, 5.41) is 25.8. The summed E-state index contributed by atoms with van der Waals surface area (Å²) >= 11 is 0. The number of fused-ring (bicyclic) bond motifs is 6. The van der Waals surface area contributed by atoms with Gasteiger partial charge in [0.2, 0.25) is 5.79 Å². The van der Waals surface area contributed by atoms with Crippen molar-refractivity contribution in [1.29, 1.82) is 0 Å². The lowest BCUT2D eigenvalue weighted by molar-refractivity contribution is -0.247. The van der Waals surface area contributed by atoms with E-state index in [-0.39, 0.29) is 30.0 Å². The summed E-state index contributed by atoms with van der Waals surface area (Å²) < 4.78 is 4.85. The molecule has 1 amide bonds. The number of hydrogen-bond donors (Lipinski definition) is 4. The fourth-order valence-corrected chi connectivity index (χ4v) is 3.47. The number of hydrogen-bond acceptors (Lipinski definition) is 8. The van der Waals surface area contributed by atoms with E-state index >= 15 is 0 Å². The normalized spacial score (nSPS) is 33.4. The van der Waals surface area contributed by atoms with Gasteiger partial charge in [-0.05, 0) is 12.1 Å². The zero-order chi connectivity index (χ0) is 16.4. The summed E-state index contributed by atoms with van der Waals surface area (Å²) in [5.41, 5.74) is 6.10. The summed E-state index contributed by atoms with van der Waals surface area (Å²) in [6.07, 6.45) is -0.379. The number of aldehydes is 1. The Labute approximate surface area is 130 Å². The minimum absolute atomic E-state index is 0.0139. The number of phenolic OH excluding ortho intramolecular Hbond substituents is 1. The van der Waals surface area contributed by atoms with Crippen molar-refractivity contribution >= 4 is 18.1 Å². The number of hydroxylamine groups is 1. The lowest BCUT2D eigenvalue weighted by Crippen LogP contribution is -2.59. The van der Waals surface area contributed by atoms with Gasteiger partial charge < -0.3 is 26.0 Å². The molecular weight excluding hydrogens is 306 g/mol. The zero-order valence-electron chi connectivity index (χ0n) is 11.9. The molecule has 1 aromatic rings. The molecule has 5 N–H and O–H groups in total. The van der Waals surface area contributed by atoms with Crippen LogP contribution in [0.1, 0.15) is 21.8 Å². The van der Waals surface area contributed by atoms with Gasteiger partial charge in [0.05, 0.1) is 24.2 Å². The number of carbonyl (C=O) groups is 2. The summed E-state index contributed by atoms with van der Waals surface area (Å²) in [6.45, 7) is 0.205. The quantitative estimate of drug-likeness (QED) is 0.417. The van der Waals surface area contributed by atoms with Crippen LogP contribution in [0.25, 0.3) is 0 Å². The first kappa shape index (κ1) is 14.2. The van der Waals surface area contributed by atoms with Crippen molar-refractivity contribution in [1.82, 2.24) is 5.32 Å². The minimum Gasteiger partial charge on any atom is -0.508 e. The second-order valence-corrected chi connectivity index (χ2v) is 5.93. The van der Waals surface area contributed by atoms with Crippen LogP contribution < -0.4 is 16.1 Å². The summed E-state index contributed by atoms with van der Waals surface area (Å²) in [4.78, 5) is 27.6. The van der Waals surface area contributed by atoms with E-state index in [9.17, 15) is 19.8 Å². The van der Waals surface area contributed by atoms with E-state index in [0.717, 1.165) is 0 Å². The summed E-state index contributed by atoms with van der Waals surface area (Å²) in [5.74, 6) is -2.69. The number of anilines is 1. The summed E-state index contributed by atoms with van der Waals surface area (Å²) in [6, 6.07) is 2.53. The molecule has 3 aliphatic rings. The smallest absolute Gasteiger partial charge is 0.404 e. The van der Waals surface area contributed by atoms with Crippen molar-refractivity contribution in [2.45, 2.75) is 23.8 Å². The van der Waals surface area contributed by atoms with Gasteiger partial charge in [-0.1, -0.05) is 0 Å². The second kappa shape index (κ2) is 4.57. The lowest BCUT2D eigenvalue weighted by atomic mass is 9.83. The molecule has 4 atom stereocenters. The average Bonchev–Trinajstić information content (AvgIpc) is 3.27. The number of rotatable bonds is 3. The van der Waals surface area contributed by atoms with Crippen LogP contribution in [-0.2, 0) is 9.57 Å². The highest BCUT2D eigenvalue weighted by molar-refractivity contribution is 5.80. The van der Waals surface area contributed by atoms with Gasteiger partial charge >= 0.3 is 6.09 Å². The predicted octanol–water partition coefficient (Wildman–Crippen LogP) is -0.822. The molecular formula is C14H15N3O6. The topological polar surface area (TPSA) is 144 Å². The monoisotopic (exact) mass is 321 g/mol. The van der Waals surface area contributed by atoms with Crippen molar-refractivity contribution in [3.63, 3.8) is 0 Å². The van der Waals surface area contributed by atoms with Crippen LogP contribution in [0.3, 0.4) is 0 Å². The standard InChI is InChI=1S/C14H15N3O6/c15-13(20)22-5-7-11-9(1-6(4-18)2-10(11)19)17-3-8-12(16-8)14(7,21)23-17/h1-2,4,7-8,12,16,19,21H,3,5H2,(H2,15,20). The maximum Gasteiger partial charge on any atom is 0.404 e. The van der Waals surface area contributed by atoms with Crippen LogP contribution in [0.15, 0.2) is 12.1 Å². The van der Waals surface area contributed by atoms with Crippen molar-refractivity contribution in [2.24, 2.45) is 5.73 Å². The van der Waals surface area contributed by atoms with E-state index in [1.807, 2.05) is 0 Å². The number of nitrogens with one attached hydrogen (secondary N) is 1. The van der Waals surface area contributed by atoms with Crippen molar-refractivity contribution in [2.75, 3.05) is 18.2 Å². The SMILES string of the molecule is NC(=O)OCC1c2c(O)cc(C=O)cc2N2CC3NC3C1(O)O2. The molecule has 2 bridgehead atoms. The second-order valence-electron chi connectivity index (χ2n) is 5.93. The van der Waals surface area contributed by atoms with E-state index < -0.39 is 17.8 Å². The van der Waals surface area contributed by atoms with Gasteiger partial charge in [-0.2, -0.15) is 0 Å². The first-order chi connectivity index (χ1) is 10.9. The summed E-state index contributed by atoms with van der Waals surface area (Å²) in [7, 11) is 0. The van der Waals surface area contributed by atoms with Gasteiger partial charge in [-0.15, -0.1) is 0 Å². The number of carbonyl (C=O) groups excluding carboxylic acids is 2. The third-order valence-corrected chi connectivity index (χ3v) is 4.55. The maximum atomic E-state index is 11.0. The van der Waals surface area contributed by atoms with E-state index in [2.05, 4.69) is 5.32 Å². The number of aromatic hydroxyl groups is 1. The fraction of sp³-hybridized carbons (Fsp3) is 0.429. The molecule has 3 heterocycles. The molecule has 4 unspecified atom stereocenters. The Bertz CT molecular complexity index is 710. The maximum absolute atomic E-state index is 11.0. The number of benzene rings is 1. The van der Waals surface area contributed by atoms with E-state index in [1.165, 1.54) is 11.1 Å². The number of ether oxygens (including phenoxy) is 1. The Morgan fingerprint density at radius 1 is 1.61 bits per heavy atom. The number of amides is 1. The number of primary amides is 1. The van der Waals surface area contributed by atoms with E-state index in [1.54, 1.807) is 6.07 Å². The molecule has 9 heteroatoms. The fourth-order valence-electron chi connectivity index (χ4n) is 3.47. The molecule has 0 radical (unpaired) electrons. The van der Waals surface area contributed by atoms with Crippen molar-refractivity contribution in [3.05, 3.63) is 23.3 Å². The van der Waals surface area contributed by atoms with Gasteiger partial charge in [0.15, 0.2) is 0 Å². The molecule has 0 spiro atoms. The Kier molecular flexibility index (Phi) is 2.83. The molecule has 0 saturated carbocycles. The van der Waals surface area contributed by atoms with Gasteiger partial charge in [-0.25, -0.2) is 14.7 Å². The van der Waals surface area contributed by atoms with Gasteiger partial charge in [-0.3, -0.25) is 4.79 Å². The van der Waals surface area contributed by atoms with Crippen LogP contribution >= 0.6 is 0 Å². The van der Waals surface area contributed by atoms with Gasteiger partial charge in [0.1, 0.15) is 18.6 Å². The number of nitrogens with zero attached hydrogens (tertiary/aromatic N) is 1. The highest BCUT2D eigenvalue weighted by Gasteiger charge is 2.65. The molecule has 0 aliphatic carbocycles. The Hall–Kier alpha value is -2.36.